The number of carbonyl (C=O) groups excluding carboxylic acids is 3. The van der Waals surface area contributed by atoms with Crippen molar-refractivity contribution in [3.05, 3.63) is 95.2 Å². The third-order valence-electron chi connectivity index (χ3n) is 4.91. The molecule has 3 aromatic rings. The lowest BCUT2D eigenvalue weighted by atomic mass is 10.1. The summed E-state index contributed by atoms with van der Waals surface area (Å²) in [5.74, 6) is -1.64. The molecule has 4 rings (SSSR count). The Morgan fingerprint density at radius 3 is 2.43 bits per heavy atom. The largest absolute Gasteiger partial charge is 0.487 e. The van der Waals surface area contributed by atoms with Crippen LogP contribution in [0, 0.1) is 9.39 Å². The highest BCUT2D eigenvalue weighted by molar-refractivity contribution is 14.1. The van der Waals surface area contributed by atoms with E-state index in [1.54, 1.807) is 30.3 Å². The zero-order chi connectivity index (χ0) is 25.3. The normalized spacial score (nSPS) is 14.9. The first-order chi connectivity index (χ1) is 16.6. The highest BCUT2D eigenvalue weighted by Gasteiger charge is 2.36. The van der Waals surface area contributed by atoms with Gasteiger partial charge in [-0.3, -0.25) is 14.9 Å². The first kappa shape index (κ1) is 25.6. The summed E-state index contributed by atoms with van der Waals surface area (Å²) in [6.07, 6.45) is 1.37. The molecule has 0 saturated carbocycles. The van der Waals surface area contributed by atoms with E-state index < -0.39 is 23.7 Å². The van der Waals surface area contributed by atoms with E-state index in [1.165, 1.54) is 18.2 Å². The van der Waals surface area contributed by atoms with Gasteiger partial charge in [-0.25, -0.2) is 14.1 Å². The van der Waals surface area contributed by atoms with Gasteiger partial charge in [-0.05, 0) is 98.7 Å². The van der Waals surface area contributed by atoms with E-state index in [-0.39, 0.29) is 17.9 Å². The Kier molecular flexibility index (Phi) is 7.80. The average molecular weight is 690 g/mol. The zero-order valence-electron chi connectivity index (χ0n) is 17.5. The van der Waals surface area contributed by atoms with Crippen molar-refractivity contribution in [2.24, 2.45) is 0 Å². The smallest absolute Gasteiger partial charge is 0.335 e. The first-order valence-corrected chi connectivity index (χ1v) is 12.5. The second kappa shape index (κ2) is 10.7. The number of benzene rings is 3. The summed E-state index contributed by atoms with van der Waals surface area (Å²) in [6.45, 7) is 0.195. The number of hydrogen-bond donors (Lipinski definition) is 1. The van der Waals surface area contributed by atoms with Gasteiger partial charge in [-0.15, -0.1) is 0 Å². The molecule has 35 heavy (non-hydrogen) atoms. The molecule has 1 N–H and O–H groups in total. The molecule has 0 spiro atoms. The summed E-state index contributed by atoms with van der Waals surface area (Å²) in [6, 6.07) is 12.4. The molecule has 4 amide bonds. The molecule has 1 aliphatic rings. The second-order valence-electron chi connectivity index (χ2n) is 7.27. The minimum atomic E-state index is -0.913. The first-order valence-electron chi connectivity index (χ1n) is 9.87. The number of ether oxygens (including phenoxy) is 1. The number of imide groups is 2. The Morgan fingerprint density at radius 2 is 1.77 bits per heavy atom. The Hall–Kier alpha value is -2.47. The molecular weight excluding hydrogens is 677 g/mol. The van der Waals surface area contributed by atoms with E-state index in [0.717, 1.165) is 22.6 Å². The van der Waals surface area contributed by atoms with Crippen molar-refractivity contribution in [3.63, 3.8) is 0 Å². The highest BCUT2D eigenvalue weighted by atomic mass is 127. The summed E-state index contributed by atoms with van der Waals surface area (Å²) in [4.78, 5) is 38.5. The molecule has 0 aromatic heterocycles. The van der Waals surface area contributed by atoms with E-state index in [0.29, 0.717) is 29.4 Å². The Labute approximate surface area is 231 Å². The lowest BCUT2D eigenvalue weighted by molar-refractivity contribution is -0.122. The maximum atomic E-state index is 13.3. The predicted molar refractivity (Wildman–Crippen MR) is 143 cm³/mol. The maximum Gasteiger partial charge on any atom is 0.335 e. The predicted octanol–water partition coefficient (Wildman–Crippen LogP) is 6.75. The van der Waals surface area contributed by atoms with Gasteiger partial charge in [0.05, 0.1) is 13.7 Å². The molecule has 6 nitrogen and oxygen atoms in total. The molecule has 1 fully saturated rings. The fraction of sp³-hybridized carbons (Fsp3) is 0.0417. The van der Waals surface area contributed by atoms with Crippen LogP contribution in [0.25, 0.3) is 6.08 Å². The molecular formula is C24H13BrCl2FIN2O4. The second-order valence-corrected chi connectivity index (χ2v) is 10.1. The van der Waals surface area contributed by atoms with Crippen LogP contribution in [-0.2, 0) is 16.2 Å². The van der Waals surface area contributed by atoms with Crippen LogP contribution < -0.4 is 15.0 Å². The van der Waals surface area contributed by atoms with Gasteiger partial charge < -0.3 is 4.74 Å². The number of nitrogens with one attached hydrogen (secondary N) is 1. The number of nitrogens with zero attached hydrogens (tertiary/aromatic N) is 1. The third kappa shape index (κ3) is 5.69. The molecule has 1 aliphatic heterocycles. The SMILES string of the molecule is O=C1NC(=O)N(c2ccc(F)cc2)C(=O)/C1=C/c1cc(Br)c(OCc2ccc(Cl)cc2Cl)c(I)c1. The van der Waals surface area contributed by atoms with Crippen LogP contribution in [0.15, 0.2) is 64.6 Å². The third-order valence-corrected chi connectivity index (χ3v) is 6.88. The van der Waals surface area contributed by atoms with Crippen molar-refractivity contribution >= 4 is 91.3 Å². The van der Waals surface area contributed by atoms with Crippen LogP contribution in [-0.4, -0.2) is 17.8 Å². The van der Waals surface area contributed by atoms with Crippen molar-refractivity contribution in [2.75, 3.05) is 4.90 Å². The number of barbiturate groups is 1. The van der Waals surface area contributed by atoms with Gasteiger partial charge >= 0.3 is 6.03 Å². The lowest BCUT2D eigenvalue weighted by Crippen LogP contribution is -2.54. The Balaban J connectivity index is 1.60. The molecule has 178 valence electrons. The van der Waals surface area contributed by atoms with Crippen molar-refractivity contribution in [2.45, 2.75) is 6.61 Å². The number of anilines is 1. The van der Waals surface area contributed by atoms with Gasteiger partial charge in [0.25, 0.3) is 11.8 Å². The molecule has 0 radical (unpaired) electrons. The van der Waals surface area contributed by atoms with Crippen LogP contribution in [0.1, 0.15) is 11.1 Å². The van der Waals surface area contributed by atoms with E-state index >= 15 is 0 Å². The molecule has 3 aromatic carbocycles. The van der Waals surface area contributed by atoms with Crippen LogP contribution in [0.3, 0.4) is 0 Å². The van der Waals surface area contributed by atoms with E-state index in [1.807, 2.05) is 0 Å². The summed E-state index contributed by atoms with van der Waals surface area (Å²) in [5.41, 5.74) is 1.15. The molecule has 0 atom stereocenters. The standard InChI is InChI=1S/C24H13BrCl2FIN2O4/c25-18-8-12(9-20(29)21(18)35-11-13-1-2-14(26)10-19(13)27)7-17-22(32)30-24(34)31(23(17)33)16-5-3-15(28)4-6-16/h1-10H,11H2,(H,30,32,34)/b17-7+. The topological polar surface area (TPSA) is 75.7 Å². The summed E-state index contributed by atoms with van der Waals surface area (Å²) >= 11 is 17.7. The van der Waals surface area contributed by atoms with E-state index in [2.05, 4.69) is 43.8 Å². The van der Waals surface area contributed by atoms with Gasteiger partial charge in [0, 0.05) is 15.6 Å². The molecule has 1 heterocycles. The summed E-state index contributed by atoms with van der Waals surface area (Å²) in [7, 11) is 0. The number of rotatable bonds is 5. The summed E-state index contributed by atoms with van der Waals surface area (Å²) in [5, 5.41) is 3.14. The molecule has 0 bridgehead atoms. The summed E-state index contributed by atoms with van der Waals surface area (Å²) < 4.78 is 20.5. The van der Waals surface area contributed by atoms with Crippen LogP contribution in [0.2, 0.25) is 10.0 Å². The van der Waals surface area contributed by atoms with E-state index in [9.17, 15) is 18.8 Å². The zero-order valence-corrected chi connectivity index (χ0v) is 22.7. The Bertz CT molecular complexity index is 1380. The van der Waals surface area contributed by atoms with Crippen LogP contribution in [0.5, 0.6) is 5.75 Å². The highest BCUT2D eigenvalue weighted by Crippen LogP contribution is 2.34. The number of carbonyl (C=O) groups is 3. The lowest BCUT2D eigenvalue weighted by Gasteiger charge is -2.26. The number of halogens is 5. The van der Waals surface area contributed by atoms with Crippen molar-refractivity contribution in [1.82, 2.24) is 5.32 Å². The average Bonchev–Trinajstić information content (AvgIpc) is 2.78. The van der Waals surface area contributed by atoms with Gasteiger partial charge in [-0.2, -0.15) is 0 Å². The van der Waals surface area contributed by atoms with Crippen LogP contribution in [0.4, 0.5) is 14.9 Å². The molecule has 11 heteroatoms. The number of urea groups is 1. The minimum absolute atomic E-state index is 0.132. The van der Waals surface area contributed by atoms with Gasteiger partial charge in [0.1, 0.15) is 23.7 Å². The minimum Gasteiger partial charge on any atom is -0.487 e. The van der Waals surface area contributed by atoms with Gasteiger partial charge in [-0.1, -0.05) is 29.3 Å². The van der Waals surface area contributed by atoms with Crippen molar-refractivity contribution in [1.29, 1.82) is 0 Å². The van der Waals surface area contributed by atoms with E-state index in [4.69, 9.17) is 27.9 Å². The van der Waals surface area contributed by atoms with Crippen LogP contribution >= 0.6 is 61.7 Å². The molecule has 0 aliphatic carbocycles. The van der Waals surface area contributed by atoms with Crippen molar-refractivity contribution in [3.8, 4) is 5.75 Å². The fourth-order valence-corrected chi connectivity index (χ4v) is 5.47. The van der Waals surface area contributed by atoms with Crippen molar-refractivity contribution < 1.29 is 23.5 Å². The maximum absolute atomic E-state index is 13.3. The Morgan fingerprint density at radius 1 is 1.06 bits per heavy atom. The van der Waals surface area contributed by atoms with Gasteiger partial charge in [0.2, 0.25) is 0 Å². The fourth-order valence-electron chi connectivity index (χ4n) is 3.24. The quantitative estimate of drug-likeness (QED) is 0.183. The number of amides is 4. The number of hydrogen-bond acceptors (Lipinski definition) is 4. The molecule has 1 saturated heterocycles. The molecule has 0 unspecified atom stereocenters. The monoisotopic (exact) mass is 688 g/mol. The van der Waals surface area contributed by atoms with Gasteiger partial charge in [0.15, 0.2) is 0 Å².